The molecule has 0 aliphatic carbocycles. The SMILES string of the molecule is CC(C)c1ccccc1N=Cc1ccc(N2CCCCC2)cc1. The quantitative estimate of drug-likeness (QED) is 0.676. The zero-order chi connectivity index (χ0) is 16.1. The summed E-state index contributed by atoms with van der Waals surface area (Å²) in [5.74, 6) is 0.491. The van der Waals surface area contributed by atoms with Crippen LogP contribution >= 0.6 is 0 Å². The monoisotopic (exact) mass is 306 g/mol. The Morgan fingerprint density at radius 3 is 2.30 bits per heavy atom. The van der Waals surface area contributed by atoms with Gasteiger partial charge in [0.2, 0.25) is 0 Å². The standard InChI is InChI=1S/C21H26N2/c1-17(2)20-8-4-5-9-21(20)22-16-18-10-12-19(13-11-18)23-14-6-3-7-15-23/h4-5,8-13,16-17H,3,6-7,14-15H2,1-2H3. The molecule has 23 heavy (non-hydrogen) atoms. The van der Waals surface area contributed by atoms with Crippen LogP contribution in [0, 0.1) is 0 Å². The van der Waals surface area contributed by atoms with Gasteiger partial charge in [0, 0.05) is 25.0 Å². The maximum Gasteiger partial charge on any atom is 0.0664 e. The Bertz CT molecular complexity index is 650. The Hall–Kier alpha value is -2.09. The second-order valence-corrected chi connectivity index (χ2v) is 6.61. The third-order valence-electron chi connectivity index (χ3n) is 4.53. The Labute approximate surface area is 139 Å². The van der Waals surface area contributed by atoms with E-state index >= 15 is 0 Å². The van der Waals surface area contributed by atoms with Gasteiger partial charge in [0.25, 0.3) is 0 Å². The third-order valence-corrected chi connectivity index (χ3v) is 4.53. The van der Waals surface area contributed by atoms with E-state index in [1.807, 2.05) is 6.21 Å². The number of para-hydroxylation sites is 1. The van der Waals surface area contributed by atoms with E-state index < -0.39 is 0 Å². The molecule has 1 aliphatic rings. The summed E-state index contributed by atoms with van der Waals surface area (Å²) in [6.45, 7) is 6.80. The van der Waals surface area contributed by atoms with Crippen molar-refractivity contribution in [1.82, 2.24) is 0 Å². The van der Waals surface area contributed by atoms with Crippen molar-refractivity contribution in [2.24, 2.45) is 4.99 Å². The molecule has 0 N–H and O–H groups in total. The summed E-state index contributed by atoms with van der Waals surface area (Å²) < 4.78 is 0. The number of aliphatic imine (C=N–C) groups is 1. The fourth-order valence-corrected chi connectivity index (χ4v) is 3.16. The molecule has 0 bridgehead atoms. The van der Waals surface area contributed by atoms with Gasteiger partial charge in [-0.1, -0.05) is 44.2 Å². The molecule has 1 saturated heterocycles. The molecule has 2 aromatic carbocycles. The van der Waals surface area contributed by atoms with Crippen LogP contribution in [0.3, 0.4) is 0 Å². The fraction of sp³-hybridized carbons (Fsp3) is 0.381. The Morgan fingerprint density at radius 2 is 1.61 bits per heavy atom. The number of rotatable bonds is 4. The Balaban J connectivity index is 1.73. The van der Waals surface area contributed by atoms with Crippen LogP contribution in [0.5, 0.6) is 0 Å². The smallest absolute Gasteiger partial charge is 0.0664 e. The molecule has 0 aromatic heterocycles. The minimum atomic E-state index is 0.491. The van der Waals surface area contributed by atoms with E-state index in [-0.39, 0.29) is 0 Å². The Morgan fingerprint density at radius 1 is 0.913 bits per heavy atom. The molecule has 0 amide bonds. The molecular formula is C21H26N2. The first kappa shape index (κ1) is 15.8. The van der Waals surface area contributed by atoms with E-state index in [1.165, 1.54) is 43.6 Å². The number of piperidine rings is 1. The maximum atomic E-state index is 4.70. The minimum Gasteiger partial charge on any atom is -0.372 e. The second kappa shape index (κ2) is 7.45. The van der Waals surface area contributed by atoms with Crippen LogP contribution in [0.2, 0.25) is 0 Å². The first-order chi connectivity index (χ1) is 11.2. The van der Waals surface area contributed by atoms with Gasteiger partial charge in [-0.05, 0) is 54.5 Å². The second-order valence-electron chi connectivity index (χ2n) is 6.61. The van der Waals surface area contributed by atoms with E-state index in [0.29, 0.717) is 5.92 Å². The summed E-state index contributed by atoms with van der Waals surface area (Å²) in [6, 6.07) is 17.2. The van der Waals surface area contributed by atoms with Gasteiger partial charge in [0.1, 0.15) is 0 Å². The summed E-state index contributed by atoms with van der Waals surface area (Å²) in [5.41, 5.74) is 4.87. The zero-order valence-electron chi connectivity index (χ0n) is 14.2. The van der Waals surface area contributed by atoms with Crippen LogP contribution in [0.4, 0.5) is 11.4 Å². The molecule has 2 nitrogen and oxygen atoms in total. The first-order valence-corrected chi connectivity index (χ1v) is 8.72. The average molecular weight is 306 g/mol. The molecule has 1 aliphatic heterocycles. The molecule has 2 aromatic rings. The number of anilines is 1. The molecule has 1 heterocycles. The van der Waals surface area contributed by atoms with Crippen molar-refractivity contribution in [3.63, 3.8) is 0 Å². The van der Waals surface area contributed by atoms with Gasteiger partial charge in [-0.3, -0.25) is 4.99 Å². The van der Waals surface area contributed by atoms with E-state index in [1.54, 1.807) is 0 Å². The van der Waals surface area contributed by atoms with Gasteiger partial charge in [0.05, 0.1) is 5.69 Å². The molecule has 0 atom stereocenters. The number of nitrogens with zero attached hydrogens (tertiary/aromatic N) is 2. The molecule has 0 saturated carbocycles. The van der Waals surface area contributed by atoms with Crippen molar-refractivity contribution in [2.75, 3.05) is 18.0 Å². The van der Waals surface area contributed by atoms with Crippen molar-refractivity contribution in [3.8, 4) is 0 Å². The highest BCUT2D eigenvalue weighted by atomic mass is 15.1. The van der Waals surface area contributed by atoms with Crippen molar-refractivity contribution in [3.05, 3.63) is 59.7 Å². The highest BCUT2D eigenvalue weighted by molar-refractivity contribution is 5.83. The third kappa shape index (κ3) is 4.01. The summed E-state index contributed by atoms with van der Waals surface area (Å²) >= 11 is 0. The molecule has 120 valence electrons. The Kier molecular flexibility index (Phi) is 5.12. The molecule has 2 heteroatoms. The number of hydrogen-bond acceptors (Lipinski definition) is 2. The van der Waals surface area contributed by atoms with E-state index in [9.17, 15) is 0 Å². The van der Waals surface area contributed by atoms with Crippen LogP contribution in [-0.2, 0) is 0 Å². The van der Waals surface area contributed by atoms with E-state index in [0.717, 1.165) is 11.3 Å². The first-order valence-electron chi connectivity index (χ1n) is 8.72. The van der Waals surface area contributed by atoms with Crippen molar-refractivity contribution in [1.29, 1.82) is 0 Å². The van der Waals surface area contributed by atoms with Gasteiger partial charge in [-0.25, -0.2) is 0 Å². The molecule has 0 spiro atoms. The highest BCUT2D eigenvalue weighted by Gasteiger charge is 2.10. The molecular weight excluding hydrogens is 280 g/mol. The number of benzene rings is 2. The highest BCUT2D eigenvalue weighted by Crippen LogP contribution is 2.26. The lowest BCUT2D eigenvalue weighted by atomic mass is 10.0. The predicted octanol–water partition coefficient (Wildman–Crippen LogP) is 5.55. The van der Waals surface area contributed by atoms with Gasteiger partial charge >= 0.3 is 0 Å². The zero-order valence-corrected chi connectivity index (χ0v) is 14.2. The van der Waals surface area contributed by atoms with Gasteiger partial charge < -0.3 is 4.90 Å². The minimum absolute atomic E-state index is 0.491. The van der Waals surface area contributed by atoms with Crippen LogP contribution in [0.25, 0.3) is 0 Å². The molecule has 1 fully saturated rings. The summed E-state index contributed by atoms with van der Waals surface area (Å²) in [4.78, 5) is 7.19. The summed E-state index contributed by atoms with van der Waals surface area (Å²) in [5, 5.41) is 0. The van der Waals surface area contributed by atoms with Gasteiger partial charge in [0.15, 0.2) is 0 Å². The normalized spacial score (nSPS) is 15.5. The maximum absolute atomic E-state index is 4.70. The topological polar surface area (TPSA) is 15.6 Å². The number of hydrogen-bond donors (Lipinski definition) is 0. The van der Waals surface area contributed by atoms with Crippen LogP contribution < -0.4 is 4.90 Å². The van der Waals surface area contributed by atoms with Crippen LogP contribution in [0.1, 0.15) is 50.2 Å². The molecule has 3 rings (SSSR count). The van der Waals surface area contributed by atoms with Crippen LogP contribution in [0.15, 0.2) is 53.5 Å². The van der Waals surface area contributed by atoms with E-state index in [4.69, 9.17) is 4.99 Å². The summed E-state index contributed by atoms with van der Waals surface area (Å²) in [7, 11) is 0. The lowest BCUT2D eigenvalue weighted by Crippen LogP contribution is -2.29. The summed E-state index contributed by atoms with van der Waals surface area (Å²) in [6.07, 6.45) is 5.97. The molecule has 0 radical (unpaired) electrons. The van der Waals surface area contributed by atoms with Crippen molar-refractivity contribution in [2.45, 2.75) is 39.0 Å². The molecule has 0 unspecified atom stereocenters. The van der Waals surface area contributed by atoms with Gasteiger partial charge in [-0.15, -0.1) is 0 Å². The van der Waals surface area contributed by atoms with E-state index in [2.05, 4.69) is 67.3 Å². The van der Waals surface area contributed by atoms with Crippen LogP contribution in [-0.4, -0.2) is 19.3 Å². The van der Waals surface area contributed by atoms with Crippen molar-refractivity contribution >= 4 is 17.6 Å². The lowest BCUT2D eigenvalue weighted by molar-refractivity contribution is 0.578. The fourth-order valence-electron chi connectivity index (χ4n) is 3.16. The van der Waals surface area contributed by atoms with Gasteiger partial charge in [-0.2, -0.15) is 0 Å². The predicted molar refractivity (Wildman–Crippen MR) is 100 cm³/mol. The largest absolute Gasteiger partial charge is 0.372 e. The average Bonchev–Trinajstić information content (AvgIpc) is 2.61. The lowest BCUT2D eigenvalue weighted by Gasteiger charge is -2.28. The van der Waals surface area contributed by atoms with Crippen molar-refractivity contribution < 1.29 is 0 Å².